The smallest absolute Gasteiger partial charge is 0.427 e. The molecular formula is C9H7N2O4+. The number of fused-ring (bicyclic) bond motifs is 1. The molecule has 0 bridgehead atoms. The third-order valence-electron chi connectivity index (χ3n) is 2.11. The van der Waals surface area contributed by atoms with Crippen molar-refractivity contribution in [3.05, 3.63) is 34.8 Å². The number of nitrogens with one attached hydrogen (secondary N) is 1. The molecule has 15 heavy (non-hydrogen) atoms. The van der Waals surface area contributed by atoms with Gasteiger partial charge in [0.2, 0.25) is 12.5 Å². The Morgan fingerprint density at radius 2 is 2.13 bits per heavy atom. The third-order valence-corrected chi connectivity index (χ3v) is 2.11. The predicted octanol–water partition coefficient (Wildman–Crippen LogP) is -0.0267. The minimum atomic E-state index is -0.437. The summed E-state index contributed by atoms with van der Waals surface area (Å²) in [5.74, 6) is 1.35. The van der Waals surface area contributed by atoms with E-state index in [1.54, 1.807) is 18.2 Å². The molecule has 1 aromatic carbocycles. The lowest BCUT2D eigenvalue weighted by Gasteiger charge is -1.93. The Bertz CT molecular complexity index is 557. The molecule has 0 unspecified atom stereocenters. The van der Waals surface area contributed by atoms with Crippen LogP contribution in [-0.2, 0) is 0 Å². The summed E-state index contributed by atoms with van der Waals surface area (Å²) < 4.78 is 16.4. The highest BCUT2D eigenvalue weighted by Gasteiger charge is 2.18. The fraction of sp³-hybridized carbons (Fsp3) is 0.111. The summed E-state index contributed by atoms with van der Waals surface area (Å²) in [7, 11) is 0. The standard InChI is InChI=1S/C9H6N2O4/c12-9-4-11(10-15-9)6-1-2-7-8(3-6)14-5-13-7/h1-4H,5H2/p+1. The number of rotatable bonds is 1. The number of aromatic nitrogens is 2. The Morgan fingerprint density at radius 1 is 1.27 bits per heavy atom. The second-order valence-electron chi connectivity index (χ2n) is 3.05. The van der Waals surface area contributed by atoms with Crippen molar-refractivity contribution in [2.75, 3.05) is 6.79 Å². The summed E-state index contributed by atoms with van der Waals surface area (Å²) in [6.45, 7) is 0.228. The molecule has 76 valence electrons. The topological polar surface area (TPSA) is 68.3 Å². The SMILES string of the molecule is O=c1c[n+](-c2ccc3c(c2)OCO3)[nH]o1. The first-order valence-electron chi connectivity index (χ1n) is 4.33. The van der Waals surface area contributed by atoms with Crippen LogP contribution in [0.1, 0.15) is 0 Å². The van der Waals surface area contributed by atoms with Crippen LogP contribution < -0.4 is 19.8 Å². The molecule has 1 N–H and O–H groups in total. The number of ether oxygens (including phenoxy) is 2. The van der Waals surface area contributed by atoms with Crippen LogP contribution in [0.3, 0.4) is 0 Å². The maximum atomic E-state index is 10.8. The van der Waals surface area contributed by atoms with E-state index in [1.165, 1.54) is 10.9 Å². The second-order valence-corrected chi connectivity index (χ2v) is 3.05. The summed E-state index contributed by atoms with van der Waals surface area (Å²) in [6.07, 6.45) is 1.30. The number of hydrogen-bond donors (Lipinski definition) is 1. The molecule has 0 radical (unpaired) electrons. The third kappa shape index (κ3) is 1.26. The van der Waals surface area contributed by atoms with Crippen LogP contribution in [0, 0.1) is 0 Å². The fourth-order valence-electron chi connectivity index (χ4n) is 1.41. The van der Waals surface area contributed by atoms with E-state index in [-0.39, 0.29) is 6.79 Å². The van der Waals surface area contributed by atoms with Gasteiger partial charge in [0.05, 0.1) is 6.07 Å². The highest BCUT2D eigenvalue weighted by Crippen LogP contribution is 2.32. The van der Waals surface area contributed by atoms with Crippen molar-refractivity contribution < 1.29 is 18.7 Å². The molecule has 6 heteroatoms. The molecule has 2 aromatic rings. The van der Waals surface area contributed by atoms with E-state index in [9.17, 15) is 4.79 Å². The quantitative estimate of drug-likeness (QED) is 0.667. The highest BCUT2D eigenvalue weighted by atomic mass is 16.7. The summed E-state index contributed by atoms with van der Waals surface area (Å²) in [5, 5.41) is 2.45. The fourth-order valence-corrected chi connectivity index (χ4v) is 1.41. The molecule has 0 saturated carbocycles. The zero-order valence-corrected chi connectivity index (χ0v) is 7.60. The number of aromatic amines is 1. The van der Waals surface area contributed by atoms with Gasteiger partial charge in [0.1, 0.15) is 0 Å². The number of benzene rings is 1. The van der Waals surface area contributed by atoms with Crippen molar-refractivity contribution >= 4 is 0 Å². The largest absolute Gasteiger partial charge is 0.454 e. The van der Waals surface area contributed by atoms with E-state index in [0.717, 1.165) is 5.69 Å². The van der Waals surface area contributed by atoms with E-state index in [0.29, 0.717) is 11.5 Å². The van der Waals surface area contributed by atoms with Crippen LogP contribution in [0.5, 0.6) is 11.5 Å². The molecule has 3 rings (SSSR count). The lowest BCUT2D eigenvalue weighted by atomic mass is 10.3. The number of nitrogens with zero attached hydrogens (tertiary/aromatic N) is 1. The van der Waals surface area contributed by atoms with Gasteiger partial charge in [0, 0.05) is 6.07 Å². The van der Waals surface area contributed by atoms with Crippen molar-refractivity contribution in [2.45, 2.75) is 0 Å². The summed E-state index contributed by atoms with van der Waals surface area (Å²) in [5.41, 5.74) is 0.303. The van der Waals surface area contributed by atoms with Crippen molar-refractivity contribution in [1.29, 1.82) is 0 Å². The van der Waals surface area contributed by atoms with Crippen molar-refractivity contribution in [1.82, 2.24) is 5.27 Å². The van der Waals surface area contributed by atoms with Crippen LogP contribution in [-0.4, -0.2) is 12.1 Å². The van der Waals surface area contributed by atoms with Gasteiger partial charge in [-0.25, -0.2) is 4.79 Å². The Hall–Kier alpha value is -2.24. The minimum absolute atomic E-state index is 0.228. The highest BCUT2D eigenvalue weighted by molar-refractivity contribution is 5.46. The maximum absolute atomic E-state index is 10.8. The van der Waals surface area contributed by atoms with Gasteiger partial charge in [-0.3, -0.25) is 4.52 Å². The Balaban J connectivity index is 2.10. The maximum Gasteiger partial charge on any atom is 0.427 e. The van der Waals surface area contributed by atoms with Crippen molar-refractivity contribution in [3.8, 4) is 17.2 Å². The first-order chi connectivity index (χ1) is 7.33. The van der Waals surface area contributed by atoms with Gasteiger partial charge in [-0.1, -0.05) is 0 Å². The predicted molar refractivity (Wildman–Crippen MR) is 47.0 cm³/mol. The van der Waals surface area contributed by atoms with E-state index >= 15 is 0 Å². The number of H-pyrrole nitrogens is 1. The molecule has 0 fully saturated rings. The van der Waals surface area contributed by atoms with Crippen LogP contribution in [0.2, 0.25) is 0 Å². The van der Waals surface area contributed by atoms with Gasteiger partial charge in [0.25, 0.3) is 6.20 Å². The molecule has 1 aromatic heterocycles. The molecular weight excluding hydrogens is 200 g/mol. The van der Waals surface area contributed by atoms with Crippen LogP contribution in [0.25, 0.3) is 5.69 Å². The Morgan fingerprint density at radius 3 is 2.93 bits per heavy atom. The number of hydrogen-bond acceptors (Lipinski definition) is 4. The van der Waals surface area contributed by atoms with Gasteiger partial charge in [-0.2, -0.15) is 0 Å². The zero-order chi connectivity index (χ0) is 10.3. The van der Waals surface area contributed by atoms with Crippen molar-refractivity contribution in [2.24, 2.45) is 0 Å². The first kappa shape index (κ1) is 8.10. The average molecular weight is 207 g/mol. The minimum Gasteiger partial charge on any atom is -0.454 e. The lowest BCUT2D eigenvalue weighted by molar-refractivity contribution is -0.670. The van der Waals surface area contributed by atoms with Gasteiger partial charge in [-0.05, 0) is 16.0 Å². The molecule has 0 aliphatic carbocycles. The van der Waals surface area contributed by atoms with Gasteiger partial charge in [-0.15, -0.1) is 0 Å². The first-order valence-corrected chi connectivity index (χ1v) is 4.33. The molecule has 0 spiro atoms. The molecule has 0 amide bonds. The van der Waals surface area contributed by atoms with E-state index in [2.05, 4.69) is 9.79 Å². The van der Waals surface area contributed by atoms with E-state index in [1.807, 2.05) is 0 Å². The Labute approximate surface area is 83.6 Å². The molecule has 1 aliphatic rings. The lowest BCUT2D eigenvalue weighted by Crippen LogP contribution is -2.31. The zero-order valence-electron chi connectivity index (χ0n) is 7.60. The second kappa shape index (κ2) is 2.88. The van der Waals surface area contributed by atoms with Crippen LogP contribution >= 0.6 is 0 Å². The van der Waals surface area contributed by atoms with E-state index in [4.69, 9.17) is 9.47 Å². The Kier molecular flexibility index (Phi) is 1.55. The summed E-state index contributed by atoms with van der Waals surface area (Å²) in [4.78, 5) is 10.8. The van der Waals surface area contributed by atoms with E-state index < -0.39 is 5.63 Å². The monoisotopic (exact) mass is 207 g/mol. The van der Waals surface area contributed by atoms with Gasteiger partial charge < -0.3 is 9.47 Å². The molecule has 0 saturated heterocycles. The molecule has 1 aliphatic heterocycles. The summed E-state index contributed by atoms with van der Waals surface area (Å²) >= 11 is 0. The van der Waals surface area contributed by atoms with Crippen LogP contribution in [0.4, 0.5) is 0 Å². The van der Waals surface area contributed by atoms with Crippen LogP contribution in [0.15, 0.2) is 33.7 Å². The van der Waals surface area contributed by atoms with Crippen molar-refractivity contribution in [3.63, 3.8) is 0 Å². The molecule has 6 nitrogen and oxygen atoms in total. The molecule has 0 atom stereocenters. The molecule has 2 heterocycles. The normalized spacial score (nSPS) is 13.1. The van der Waals surface area contributed by atoms with Gasteiger partial charge >= 0.3 is 5.63 Å². The average Bonchev–Trinajstić information content (AvgIpc) is 2.84. The summed E-state index contributed by atoms with van der Waals surface area (Å²) in [6, 6.07) is 5.32. The van der Waals surface area contributed by atoms with Gasteiger partial charge in [0.15, 0.2) is 11.5 Å².